The van der Waals surface area contributed by atoms with Gasteiger partial charge in [0.25, 0.3) is 5.91 Å². The van der Waals surface area contributed by atoms with Crippen LogP contribution in [0.3, 0.4) is 0 Å². The van der Waals surface area contributed by atoms with Crippen molar-refractivity contribution in [3.63, 3.8) is 0 Å². The number of benzene rings is 2. The van der Waals surface area contributed by atoms with Crippen LogP contribution in [0, 0.1) is 0 Å². The van der Waals surface area contributed by atoms with Crippen molar-refractivity contribution < 1.29 is 24.5 Å². The largest absolute Gasteiger partial charge is 0.508 e. The summed E-state index contributed by atoms with van der Waals surface area (Å²) in [5, 5.41) is 22.6. The van der Waals surface area contributed by atoms with Gasteiger partial charge in [0.1, 0.15) is 17.5 Å². The lowest BCUT2D eigenvalue weighted by Crippen LogP contribution is -2.43. The average molecular weight is 354 g/mol. The molecule has 7 nitrogen and oxygen atoms in total. The Morgan fingerprint density at radius 3 is 2.54 bits per heavy atom. The van der Waals surface area contributed by atoms with Gasteiger partial charge in [-0.3, -0.25) is 4.79 Å². The number of H-pyrrole nitrogens is 1. The molecule has 0 aliphatic carbocycles. The highest BCUT2D eigenvalue weighted by Gasteiger charge is 2.24. The summed E-state index contributed by atoms with van der Waals surface area (Å²) >= 11 is 0. The summed E-state index contributed by atoms with van der Waals surface area (Å²) in [6.45, 7) is 0. The van der Waals surface area contributed by atoms with Crippen molar-refractivity contribution in [1.29, 1.82) is 0 Å². The topological polar surface area (TPSA) is 112 Å². The number of carbonyl (C=O) groups excluding carboxylic acids is 2. The zero-order chi connectivity index (χ0) is 18.7. The second kappa shape index (κ2) is 7.18. The lowest BCUT2D eigenvalue weighted by molar-refractivity contribution is -0.142. The van der Waals surface area contributed by atoms with Crippen LogP contribution in [0.1, 0.15) is 15.9 Å². The number of amides is 1. The van der Waals surface area contributed by atoms with Crippen LogP contribution in [-0.4, -0.2) is 40.2 Å². The maximum Gasteiger partial charge on any atom is 0.328 e. The second-order valence-corrected chi connectivity index (χ2v) is 5.85. The minimum atomic E-state index is -0.920. The van der Waals surface area contributed by atoms with Crippen LogP contribution in [0.5, 0.6) is 11.5 Å². The van der Waals surface area contributed by atoms with E-state index in [4.69, 9.17) is 4.74 Å². The van der Waals surface area contributed by atoms with Crippen molar-refractivity contribution in [3.8, 4) is 11.5 Å². The molecule has 0 aliphatic rings. The number of aromatic amines is 1. The number of hydrogen-bond acceptors (Lipinski definition) is 5. The Bertz CT molecular complexity index is 943. The molecule has 134 valence electrons. The average Bonchev–Trinajstić information content (AvgIpc) is 3.02. The molecule has 0 spiro atoms. The molecule has 3 rings (SSSR count). The number of phenolic OH excluding ortho intramolecular Hbond substituents is 2. The molecule has 4 N–H and O–H groups in total. The zero-order valence-corrected chi connectivity index (χ0v) is 14.0. The summed E-state index contributed by atoms with van der Waals surface area (Å²) < 4.78 is 4.79. The van der Waals surface area contributed by atoms with Crippen LogP contribution in [0.15, 0.2) is 48.7 Å². The first-order valence-corrected chi connectivity index (χ1v) is 7.94. The molecule has 0 fully saturated rings. The molecule has 3 aromatic rings. The number of ether oxygens (including phenoxy) is 1. The van der Waals surface area contributed by atoms with Crippen molar-refractivity contribution in [1.82, 2.24) is 10.3 Å². The molecule has 1 amide bonds. The van der Waals surface area contributed by atoms with Gasteiger partial charge in [0.15, 0.2) is 0 Å². The Balaban J connectivity index is 1.84. The predicted molar refractivity (Wildman–Crippen MR) is 95.0 cm³/mol. The second-order valence-electron chi connectivity index (χ2n) is 5.85. The molecule has 0 saturated carbocycles. The Morgan fingerprint density at radius 2 is 1.85 bits per heavy atom. The Labute approximate surface area is 149 Å². The number of rotatable bonds is 5. The zero-order valence-electron chi connectivity index (χ0n) is 14.0. The highest BCUT2D eigenvalue weighted by atomic mass is 16.5. The number of carbonyl (C=O) groups is 2. The van der Waals surface area contributed by atoms with Crippen molar-refractivity contribution in [2.45, 2.75) is 12.5 Å². The quantitative estimate of drug-likeness (QED) is 0.524. The summed E-state index contributed by atoms with van der Waals surface area (Å²) in [6.07, 6.45) is 2.01. The third kappa shape index (κ3) is 3.61. The van der Waals surface area contributed by atoms with Gasteiger partial charge in [-0.2, -0.15) is 0 Å². The van der Waals surface area contributed by atoms with Gasteiger partial charge in [-0.25, -0.2) is 4.79 Å². The number of phenols is 2. The van der Waals surface area contributed by atoms with Crippen molar-refractivity contribution in [2.24, 2.45) is 0 Å². The van der Waals surface area contributed by atoms with Crippen LogP contribution in [0.25, 0.3) is 10.9 Å². The van der Waals surface area contributed by atoms with Gasteiger partial charge in [0, 0.05) is 35.2 Å². The highest BCUT2D eigenvalue weighted by molar-refractivity contribution is 5.97. The van der Waals surface area contributed by atoms with E-state index in [1.165, 1.54) is 19.2 Å². The van der Waals surface area contributed by atoms with Crippen LogP contribution < -0.4 is 5.32 Å². The summed E-state index contributed by atoms with van der Waals surface area (Å²) in [6, 6.07) is 10.2. The molecule has 26 heavy (non-hydrogen) atoms. The van der Waals surface area contributed by atoms with E-state index in [1.807, 2.05) is 24.3 Å². The lowest BCUT2D eigenvalue weighted by atomic mass is 10.0. The van der Waals surface area contributed by atoms with Crippen LogP contribution in [0.2, 0.25) is 0 Å². The molecular weight excluding hydrogens is 336 g/mol. The number of fused-ring (bicyclic) bond motifs is 1. The SMILES string of the molecule is COC(=O)[C@H](Cc1c[nH]c2ccccc12)NC(=O)c1cc(O)cc(O)c1. The maximum absolute atomic E-state index is 12.4. The first-order valence-electron chi connectivity index (χ1n) is 7.94. The van der Waals surface area contributed by atoms with Crippen LogP contribution >= 0.6 is 0 Å². The van der Waals surface area contributed by atoms with Crippen LogP contribution in [-0.2, 0) is 16.0 Å². The van der Waals surface area contributed by atoms with E-state index in [2.05, 4.69) is 10.3 Å². The smallest absolute Gasteiger partial charge is 0.328 e. The van der Waals surface area contributed by atoms with Gasteiger partial charge in [0.2, 0.25) is 0 Å². The third-order valence-corrected chi connectivity index (χ3v) is 4.05. The minimum Gasteiger partial charge on any atom is -0.508 e. The van der Waals surface area contributed by atoms with Gasteiger partial charge in [-0.15, -0.1) is 0 Å². The van der Waals surface area contributed by atoms with E-state index in [0.717, 1.165) is 22.5 Å². The third-order valence-electron chi connectivity index (χ3n) is 4.05. The molecular formula is C19H18N2O5. The van der Waals surface area contributed by atoms with Gasteiger partial charge in [-0.1, -0.05) is 18.2 Å². The highest BCUT2D eigenvalue weighted by Crippen LogP contribution is 2.22. The number of aromatic nitrogens is 1. The Hall–Kier alpha value is -3.48. The summed E-state index contributed by atoms with van der Waals surface area (Å²) in [4.78, 5) is 27.7. The van der Waals surface area contributed by atoms with Crippen molar-refractivity contribution >= 4 is 22.8 Å². The summed E-state index contributed by atoms with van der Waals surface area (Å²) in [5.41, 5.74) is 1.82. The van der Waals surface area contributed by atoms with Crippen molar-refractivity contribution in [2.75, 3.05) is 7.11 Å². The van der Waals surface area contributed by atoms with E-state index in [9.17, 15) is 19.8 Å². The molecule has 0 unspecified atom stereocenters. The number of nitrogens with one attached hydrogen (secondary N) is 2. The van der Waals surface area contributed by atoms with Gasteiger partial charge in [-0.05, 0) is 23.8 Å². The molecule has 1 atom stereocenters. The molecule has 0 aliphatic heterocycles. The van der Waals surface area contributed by atoms with Gasteiger partial charge < -0.3 is 25.3 Å². The Morgan fingerprint density at radius 1 is 1.15 bits per heavy atom. The minimum absolute atomic E-state index is 0.0373. The molecule has 1 aromatic heterocycles. The molecule has 0 saturated heterocycles. The number of aromatic hydroxyl groups is 2. The molecule has 2 aromatic carbocycles. The summed E-state index contributed by atoms with van der Waals surface area (Å²) in [7, 11) is 1.25. The number of esters is 1. The lowest BCUT2D eigenvalue weighted by Gasteiger charge is -2.16. The van der Waals surface area contributed by atoms with E-state index < -0.39 is 17.9 Å². The molecule has 0 bridgehead atoms. The predicted octanol–water partition coefficient (Wildman–Crippen LogP) is 2.09. The molecule has 7 heteroatoms. The van der Waals surface area contributed by atoms with Crippen LogP contribution in [0.4, 0.5) is 0 Å². The van der Waals surface area contributed by atoms with E-state index in [1.54, 1.807) is 6.20 Å². The number of methoxy groups -OCH3 is 1. The first kappa shape index (κ1) is 17.3. The molecule has 1 heterocycles. The van der Waals surface area contributed by atoms with E-state index >= 15 is 0 Å². The number of hydrogen-bond donors (Lipinski definition) is 4. The fourth-order valence-electron chi connectivity index (χ4n) is 2.82. The Kier molecular flexibility index (Phi) is 4.79. The van der Waals surface area contributed by atoms with E-state index in [0.29, 0.717) is 0 Å². The van der Waals surface area contributed by atoms with Crippen molar-refractivity contribution in [3.05, 3.63) is 59.8 Å². The maximum atomic E-state index is 12.4. The fourth-order valence-corrected chi connectivity index (χ4v) is 2.82. The molecule has 0 radical (unpaired) electrons. The first-order chi connectivity index (χ1) is 12.5. The normalized spacial score (nSPS) is 11.9. The van der Waals surface area contributed by atoms with Gasteiger partial charge in [0.05, 0.1) is 7.11 Å². The fraction of sp³-hybridized carbons (Fsp3) is 0.158. The van der Waals surface area contributed by atoms with E-state index in [-0.39, 0.29) is 23.5 Å². The number of para-hydroxylation sites is 1. The summed E-state index contributed by atoms with van der Waals surface area (Å²) in [5.74, 6) is -1.69. The monoisotopic (exact) mass is 354 g/mol. The van der Waals surface area contributed by atoms with Gasteiger partial charge >= 0.3 is 5.97 Å². The standard InChI is InChI=1S/C19H18N2O5/c1-26-19(25)17(8-12-10-20-16-5-3-2-4-15(12)16)21-18(24)11-6-13(22)9-14(23)7-11/h2-7,9-10,17,20,22-23H,8H2,1H3,(H,21,24)/t17-/m0/s1.